The van der Waals surface area contributed by atoms with Crippen LogP contribution in [0, 0.1) is 17.0 Å². The number of hydrogen-bond donors (Lipinski definition) is 1. The fraction of sp³-hybridized carbons (Fsp3) is 0.455. The van der Waals surface area contributed by atoms with E-state index in [4.69, 9.17) is 5.53 Å². The van der Waals surface area contributed by atoms with Crippen LogP contribution in [0.25, 0.3) is 10.4 Å². The summed E-state index contributed by atoms with van der Waals surface area (Å²) in [5.74, 6) is 0. The molecule has 0 fully saturated rings. The quantitative estimate of drug-likeness (QED) is 0.196. The smallest absolute Gasteiger partial charge is 0.258 e. The summed E-state index contributed by atoms with van der Waals surface area (Å²) in [4.78, 5) is 12.7. The Balaban J connectivity index is 2.77. The van der Waals surface area contributed by atoms with Crippen molar-refractivity contribution in [2.75, 3.05) is 13.1 Å². The fourth-order valence-corrected chi connectivity index (χ4v) is 3.06. The summed E-state index contributed by atoms with van der Waals surface area (Å²) in [7, 11) is -3.80. The molecule has 1 rings (SSSR count). The van der Waals surface area contributed by atoms with Gasteiger partial charge in [-0.3, -0.25) is 10.1 Å². The van der Waals surface area contributed by atoms with Crippen molar-refractivity contribution in [2.45, 2.75) is 24.7 Å². The zero-order valence-electron chi connectivity index (χ0n) is 11.4. The molecule has 10 heteroatoms. The maximum absolute atomic E-state index is 12.1. The third kappa shape index (κ3) is 4.71. The molecular formula is C11H15N5O4S. The predicted molar refractivity (Wildman–Crippen MR) is 76.3 cm³/mol. The molecular weight excluding hydrogens is 298 g/mol. The molecule has 0 spiro atoms. The van der Waals surface area contributed by atoms with Gasteiger partial charge in [-0.25, -0.2) is 13.1 Å². The molecule has 0 saturated heterocycles. The molecule has 0 bridgehead atoms. The Kier molecular flexibility index (Phi) is 6.10. The lowest BCUT2D eigenvalue weighted by molar-refractivity contribution is -0.385. The first kappa shape index (κ1) is 16.9. The number of nitro benzene ring substituents is 1. The van der Waals surface area contributed by atoms with Gasteiger partial charge in [0.1, 0.15) is 0 Å². The van der Waals surface area contributed by atoms with Gasteiger partial charge in [-0.05, 0) is 31.4 Å². The number of sulfonamides is 1. The normalized spacial score (nSPS) is 10.9. The first-order valence-corrected chi connectivity index (χ1v) is 7.63. The van der Waals surface area contributed by atoms with E-state index >= 15 is 0 Å². The molecule has 1 N–H and O–H groups in total. The number of nitro groups is 1. The molecule has 114 valence electrons. The lowest BCUT2D eigenvalue weighted by atomic mass is 10.2. The largest absolute Gasteiger partial charge is 0.273 e. The van der Waals surface area contributed by atoms with E-state index in [0.717, 1.165) is 0 Å². The Labute approximate surface area is 121 Å². The second kappa shape index (κ2) is 7.58. The monoisotopic (exact) mass is 313 g/mol. The second-order valence-corrected chi connectivity index (χ2v) is 5.95. The van der Waals surface area contributed by atoms with Gasteiger partial charge in [0.15, 0.2) is 0 Å². The molecule has 9 nitrogen and oxygen atoms in total. The standard InChI is InChI=1S/C11H15N5O4S/c1-9-10(16(17)18)5-4-6-11(9)21(19,20)14-8-3-2-7-13-15-12/h4-6,14H,2-3,7-8H2,1H3. The van der Waals surface area contributed by atoms with Crippen LogP contribution in [0.1, 0.15) is 18.4 Å². The summed E-state index contributed by atoms with van der Waals surface area (Å²) in [6, 6.07) is 3.92. The molecule has 0 unspecified atom stereocenters. The molecule has 1 aromatic carbocycles. The van der Waals surface area contributed by atoms with Crippen molar-refractivity contribution in [2.24, 2.45) is 5.11 Å². The molecule has 0 atom stereocenters. The molecule has 0 radical (unpaired) electrons. The molecule has 0 saturated carbocycles. The summed E-state index contributed by atoms with van der Waals surface area (Å²) >= 11 is 0. The van der Waals surface area contributed by atoms with Gasteiger partial charge in [-0.1, -0.05) is 11.2 Å². The van der Waals surface area contributed by atoms with Crippen molar-refractivity contribution in [1.29, 1.82) is 0 Å². The summed E-state index contributed by atoms with van der Waals surface area (Å²) in [5.41, 5.74) is 7.96. The van der Waals surface area contributed by atoms with E-state index in [1.54, 1.807) is 0 Å². The Morgan fingerprint density at radius 1 is 1.43 bits per heavy atom. The zero-order valence-corrected chi connectivity index (χ0v) is 12.2. The van der Waals surface area contributed by atoms with Gasteiger partial charge >= 0.3 is 0 Å². The number of nitrogens with zero attached hydrogens (tertiary/aromatic N) is 4. The van der Waals surface area contributed by atoms with E-state index in [2.05, 4.69) is 14.7 Å². The van der Waals surface area contributed by atoms with E-state index in [-0.39, 0.29) is 22.7 Å². The maximum Gasteiger partial charge on any atom is 0.273 e. The van der Waals surface area contributed by atoms with Crippen LogP contribution < -0.4 is 4.72 Å². The average Bonchev–Trinajstić information content (AvgIpc) is 2.42. The van der Waals surface area contributed by atoms with Crippen LogP contribution in [-0.2, 0) is 10.0 Å². The van der Waals surface area contributed by atoms with Crippen LogP contribution in [0.4, 0.5) is 5.69 Å². The van der Waals surface area contributed by atoms with Crippen LogP contribution in [0.15, 0.2) is 28.2 Å². The zero-order chi connectivity index (χ0) is 15.9. The topological polar surface area (TPSA) is 138 Å². The van der Waals surface area contributed by atoms with Gasteiger partial charge in [0.2, 0.25) is 10.0 Å². The number of hydrogen-bond acceptors (Lipinski definition) is 5. The van der Waals surface area contributed by atoms with Crippen molar-refractivity contribution in [3.8, 4) is 0 Å². The molecule has 0 aliphatic carbocycles. The van der Waals surface area contributed by atoms with E-state index in [1.165, 1.54) is 25.1 Å². The van der Waals surface area contributed by atoms with Gasteiger partial charge in [-0.2, -0.15) is 0 Å². The van der Waals surface area contributed by atoms with Crippen LogP contribution in [0.2, 0.25) is 0 Å². The van der Waals surface area contributed by atoms with E-state index in [9.17, 15) is 18.5 Å². The Morgan fingerprint density at radius 3 is 2.76 bits per heavy atom. The lowest BCUT2D eigenvalue weighted by Gasteiger charge is -2.09. The van der Waals surface area contributed by atoms with Crippen molar-refractivity contribution in [3.05, 3.63) is 44.3 Å². The summed E-state index contributed by atoms with van der Waals surface area (Å²) in [6.45, 7) is 1.87. The maximum atomic E-state index is 12.1. The molecule has 0 aliphatic rings. The third-order valence-corrected chi connectivity index (χ3v) is 4.39. The predicted octanol–water partition coefficient (Wildman–Crippen LogP) is 2.27. The van der Waals surface area contributed by atoms with Crippen molar-refractivity contribution in [1.82, 2.24) is 4.72 Å². The first-order valence-electron chi connectivity index (χ1n) is 6.14. The minimum absolute atomic E-state index is 0.101. The van der Waals surface area contributed by atoms with Crippen LogP contribution >= 0.6 is 0 Å². The third-order valence-electron chi connectivity index (χ3n) is 2.78. The summed E-state index contributed by atoms with van der Waals surface area (Å²) < 4.78 is 26.6. The van der Waals surface area contributed by atoms with Gasteiger partial charge in [0.25, 0.3) is 5.69 Å². The van der Waals surface area contributed by atoms with E-state index in [1.807, 2.05) is 0 Å². The molecule has 0 amide bonds. The first-order chi connectivity index (χ1) is 9.90. The van der Waals surface area contributed by atoms with E-state index in [0.29, 0.717) is 19.4 Å². The minimum atomic E-state index is -3.80. The highest BCUT2D eigenvalue weighted by atomic mass is 32.2. The highest BCUT2D eigenvalue weighted by Crippen LogP contribution is 2.24. The number of azide groups is 1. The van der Waals surface area contributed by atoms with Crippen molar-refractivity contribution >= 4 is 15.7 Å². The Bertz CT molecular complexity index is 667. The van der Waals surface area contributed by atoms with Gasteiger partial charge in [0.05, 0.1) is 9.82 Å². The van der Waals surface area contributed by atoms with Crippen LogP contribution in [-0.4, -0.2) is 26.4 Å². The number of nitrogens with one attached hydrogen (secondary N) is 1. The number of unbranched alkanes of at least 4 members (excludes halogenated alkanes) is 1. The lowest BCUT2D eigenvalue weighted by Crippen LogP contribution is -2.25. The molecule has 21 heavy (non-hydrogen) atoms. The molecule has 0 aliphatic heterocycles. The molecule has 1 aromatic rings. The molecule has 0 heterocycles. The summed E-state index contributed by atoms with van der Waals surface area (Å²) in [5, 5.41) is 14.1. The Morgan fingerprint density at radius 2 is 2.14 bits per heavy atom. The van der Waals surface area contributed by atoms with E-state index < -0.39 is 14.9 Å². The van der Waals surface area contributed by atoms with Gasteiger partial charge < -0.3 is 0 Å². The SMILES string of the molecule is Cc1c([N+](=O)[O-])cccc1S(=O)(=O)NCCCCN=[N+]=[N-]. The van der Waals surface area contributed by atoms with Crippen LogP contribution in [0.5, 0.6) is 0 Å². The minimum Gasteiger partial charge on any atom is -0.258 e. The molecule has 0 aromatic heterocycles. The van der Waals surface area contributed by atoms with Crippen molar-refractivity contribution in [3.63, 3.8) is 0 Å². The Hall–Kier alpha value is -2.16. The van der Waals surface area contributed by atoms with Crippen molar-refractivity contribution < 1.29 is 13.3 Å². The highest BCUT2D eigenvalue weighted by molar-refractivity contribution is 7.89. The average molecular weight is 313 g/mol. The fourth-order valence-electron chi connectivity index (χ4n) is 1.73. The number of rotatable bonds is 8. The van der Waals surface area contributed by atoms with Gasteiger partial charge in [0, 0.05) is 29.6 Å². The van der Waals surface area contributed by atoms with Crippen LogP contribution in [0.3, 0.4) is 0 Å². The van der Waals surface area contributed by atoms with Gasteiger partial charge in [-0.15, -0.1) is 0 Å². The summed E-state index contributed by atoms with van der Waals surface area (Å²) in [6.07, 6.45) is 1.06. The number of benzene rings is 1. The highest BCUT2D eigenvalue weighted by Gasteiger charge is 2.22. The second-order valence-electron chi connectivity index (χ2n) is 4.22.